The van der Waals surface area contributed by atoms with Gasteiger partial charge in [-0.1, -0.05) is 18.2 Å². The molecule has 1 aliphatic rings. The number of nitrogens with one attached hydrogen (secondary N) is 1. The molecule has 0 radical (unpaired) electrons. The number of para-hydroxylation sites is 1. The fraction of sp³-hybridized carbons (Fsp3) is 0.417. The summed E-state index contributed by atoms with van der Waals surface area (Å²) in [5, 5.41) is 2.91. The third-order valence-corrected chi connectivity index (χ3v) is 2.68. The van der Waals surface area contributed by atoms with Crippen molar-refractivity contribution in [2.45, 2.75) is 25.8 Å². The molecule has 15 heavy (non-hydrogen) atoms. The molecular weight excluding hydrogens is 188 g/mol. The van der Waals surface area contributed by atoms with E-state index in [0.29, 0.717) is 18.9 Å². The monoisotopic (exact) mass is 204 g/mol. The van der Waals surface area contributed by atoms with Crippen molar-refractivity contribution >= 4 is 11.6 Å². The Morgan fingerprint density at radius 3 is 2.80 bits per heavy atom. The molecular formula is C12H16N2O. The maximum Gasteiger partial charge on any atom is 0.224 e. The highest BCUT2D eigenvalue weighted by Crippen LogP contribution is 2.32. The van der Waals surface area contributed by atoms with Crippen LogP contribution < -0.4 is 11.1 Å². The number of hydrogen-bond donors (Lipinski definition) is 2. The standard InChI is InChI=1S/C12H16N2O/c13-8-10-3-1-2-4-11(10)14-12(15)7-9-5-6-9/h1-4,9H,5-8,13H2,(H,14,15). The lowest BCUT2D eigenvalue weighted by Gasteiger charge is -2.08. The van der Waals surface area contributed by atoms with Gasteiger partial charge < -0.3 is 11.1 Å². The topological polar surface area (TPSA) is 55.1 Å². The fourth-order valence-corrected chi connectivity index (χ4v) is 1.61. The first-order valence-corrected chi connectivity index (χ1v) is 5.37. The van der Waals surface area contributed by atoms with Gasteiger partial charge in [0.05, 0.1) is 0 Å². The average molecular weight is 204 g/mol. The Kier molecular flexibility index (Phi) is 3.02. The minimum absolute atomic E-state index is 0.110. The van der Waals surface area contributed by atoms with Crippen LogP contribution in [0, 0.1) is 5.92 Å². The highest BCUT2D eigenvalue weighted by molar-refractivity contribution is 5.91. The first-order valence-electron chi connectivity index (χ1n) is 5.37. The third-order valence-electron chi connectivity index (χ3n) is 2.68. The van der Waals surface area contributed by atoms with Crippen LogP contribution in [0.1, 0.15) is 24.8 Å². The number of nitrogens with two attached hydrogens (primary N) is 1. The van der Waals surface area contributed by atoms with Crippen LogP contribution in [0.3, 0.4) is 0 Å². The van der Waals surface area contributed by atoms with E-state index in [1.54, 1.807) is 0 Å². The normalized spacial score (nSPS) is 15.0. The lowest BCUT2D eigenvalue weighted by Crippen LogP contribution is -2.14. The van der Waals surface area contributed by atoms with E-state index in [-0.39, 0.29) is 5.91 Å². The number of amides is 1. The van der Waals surface area contributed by atoms with Crippen molar-refractivity contribution in [3.05, 3.63) is 29.8 Å². The predicted octanol–water partition coefficient (Wildman–Crippen LogP) is 1.88. The van der Waals surface area contributed by atoms with Crippen molar-refractivity contribution in [2.75, 3.05) is 5.32 Å². The zero-order valence-corrected chi connectivity index (χ0v) is 8.70. The second kappa shape index (κ2) is 4.45. The summed E-state index contributed by atoms with van der Waals surface area (Å²) in [7, 11) is 0. The van der Waals surface area contributed by atoms with Gasteiger partial charge >= 0.3 is 0 Å². The molecule has 1 aromatic carbocycles. The van der Waals surface area contributed by atoms with Crippen molar-refractivity contribution in [3.63, 3.8) is 0 Å². The summed E-state index contributed by atoms with van der Waals surface area (Å²) in [6.45, 7) is 0.458. The number of benzene rings is 1. The van der Waals surface area contributed by atoms with Gasteiger partial charge in [-0.15, -0.1) is 0 Å². The molecule has 0 spiro atoms. The second-order valence-electron chi connectivity index (χ2n) is 4.06. The van der Waals surface area contributed by atoms with E-state index < -0.39 is 0 Å². The number of carbonyl (C=O) groups excluding carboxylic acids is 1. The van der Waals surface area contributed by atoms with Crippen LogP contribution in [0.15, 0.2) is 24.3 Å². The average Bonchev–Trinajstić information content (AvgIpc) is 3.02. The van der Waals surface area contributed by atoms with Crippen molar-refractivity contribution in [3.8, 4) is 0 Å². The van der Waals surface area contributed by atoms with Gasteiger partial charge in [0.25, 0.3) is 0 Å². The minimum Gasteiger partial charge on any atom is -0.326 e. The maximum absolute atomic E-state index is 11.6. The van der Waals surface area contributed by atoms with E-state index >= 15 is 0 Å². The molecule has 2 rings (SSSR count). The first-order chi connectivity index (χ1) is 7.29. The molecule has 1 aromatic rings. The van der Waals surface area contributed by atoms with Crippen LogP contribution >= 0.6 is 0 Å². The number of anilines is 1. The van der Waals surface area contributed by atoms with E-state index in [9.17, 15) is 4.79 Å². The zero-order valence-electron chi connectivity index (χ0n) is 8.70. The van der Waals surface area contributed by atoms with Crippen LogP contribution in [0.2, 0.25) is 0 Å². The Labute approximate surface area is 89.7 Å². The van der Waals surface area contributed by atoms with Gasteiger partial charge in [-0.3, -0.25) is 4.79 Å². The SMILES string of the molecule is NCc1ccccc1NC(=O)CC1CC1. The van der Waals surface area contributed by atoms with Gasteiger partial charge in [-0.2, -0.15) is 0 Å². The highest BCUT2D eigenvalue weighted by Gasteiger charge is 2.24. The molecule has 0 heterocycles. The van der Waals surface area contributed by atoms with Crippen molar-refractivity contribution < 1.29 is 4.79 Å². The quantitative estimate of drug-likeness (QED) is 0.786. The summed E-state index contributed by atoms with van der Waals surface area (Å²) in [5.74, 6) is 0.730. The summed E-state index contributed by atoms with van der Waals surface area (Å²) >= 11 is 0. The van der Waals surface area contributed by atoms with E-state index in [1.807, 2.05) is 24.3 Å². The van der Waals surface area contributed by atoms with Gasteiger partial charge in [0.15, 0.2) is 0 Å². The van der Waals surface area contributed by atoms with Crippen molar-refractivity contribution in [1.82, 2.24) is 0 Å². The van der Waals surface area contributed by atoms with E-state index in [2.05, 4.69) is 5.32 Å². The maximum atomic E-state index is 11.6. The Morgan fingerprint density at radius 2 is 2.13 bits per heavy atom. The largest absolute Gasteiger partial charge is 0.326 e. The molecule has 1 aliphatic carbocycles. The number of carbonyl (C=O) groups is 1. The third kappa shape index (κ3) is 2.80. The molecule has 0 bridgehead atoms. The molecule has 0 aromatic heterocycles. The van der Waals surface area contributed by atoms with Crippen LogP contribution in [0.4, 0.5) is 5.69 Å². The lowest BCUT2D eigenvalue weighted by atomic mass is 10.1. The molecule has 0 aliphatic heterocycles. The Hall–Kier alpha value is -1.35. The van der Waals surface area contributed by atoms with Crippen LogP contribution in [0.5, 0.6) is 0 Å². The highest BCUT2D eigenvalue weighted by atomic mass is 16.1. The second-order valence-corrected chi connectivity index (χ2v) is 4.06. The summed E-state index contributed by atoms with van der Waals surface area (Å²) in [4.78, 5) is 11.6. The lowest BCUT2D eigenvalue weighted by molar-refractivity contribution is -0.116. The van der Waals surface area contributed by atoms with Gasteiger partial charge in [-0.05, 0) is 30.4 Å². The molecule has 0 unspecified atom stereocenters. The summed E-state index contributed by atoms with van der Waals surface area (Å²) in [5.41, 5.74) is 7.43. The molecule has 1 saturated carbocycles. The molecule has 3 nitrogen and oxygen atoms in total. The van der Waals surface area contributed by atoms with Crippen molar-refractivity contribution in [1.29, 1.82) is 0 Å². The number of rotatable bonds is 4. The van der Waals surface area contributed by atoms with Gasteiger partial charge in [-0.25, -0.2) is 0 Å². The van der Waals surface area contributed by atoms with E-state index in [0.717, 1.165) is 11.3 Å². The van der Waals surface area contributed by atoms with Gasteiger partial charge in [0.2, 0.25) is 5.91 Å². The molecule has 80 valence electrons. The van der Waals surface area contributed by atoms with Gasteiger partial charge in [0.1, 0.15) is 0 Å². The van der Waals surface area contributed by atoms with Crippen LogP contribution in [-0.4, -0.2) is 5.91 Å². The summed E-state index contributed by atoms with van der Waals surface area (Å²) < 4.78 is 0. The smallest absolute Gasteiger partial charge is 0.224 e. The summed E-state index contributed by atoms with van der Waals surface area (Å²) in [6.07, 6.45) is 3.05. The molecule has 1 amide bonds. The fourth-order valence-electron chi connectivity index (χ4n) is 1.61. The zero-order chi connectivity index (χ0) is 10.7. The Balaban J connectivity index is 1.98. The molecule has 3 N–H and O–H groups in total. The summed E-state index contributed by atoms with van der Waals surface area (Å²) in [6, 6.07) is 7.67. The van der Waals surface area contributed by atoms with Crippen molar-refractivity contribution in [2.24, 2.45) is 11.7 Å². The van der Waals surface area contributed by atoms with E-state index in [1.165, 1.54) is 12.8 Å². The van der Waals surface area contributed by atoms with Crippen LogP contribution in [0.25, 0.3) is 0 Å². The predicted molar refractivity (Wildman–Crippen MR) is 60.3 cm³/mol. The van der Waals surface area contributed by atoms with Gasteiger partial charge in [0, 0.05) is 18.7 Å². The number of hydrogen-bond acceptors (Lipinski definition) is 2. The molecule has 0 atom stereocenters. The Morgan fingerprint density at radius 1 is 1.40 bits per heavy atom. The molecule has 3 heteroatoms. The molecule has 1 fully saturated rings. The van der Waals surface area contributed by atoms with Crippen LogP contribution in [-0.2, 0) is 11.3 Å². The molecule has 0 saturated heterocycles. The minimum atomic E-state index is 0.110. The Bertz CT molecular complexity index is 358. The van der Waals surface area contributed by atoms with E-state index in [4.69, 9.17) is 5.73 Å². The first kappa shape index (κ1) is 10.2.